The molecule has 5 heteroatoms. The number of likely N-dealkylation sites (tertiary alicyclic amines) is 1. The topological polar surface area (TPSA) is 69.6 Å². The van der Waals surface area contributed by atoms with E-state index in [1.807, 2.05) is 4.90 Å². The number of carboxylic acid groups (broad SMARTS) is 1. The fourth-order valence-corrected chi connectivity index (χ4v) is 3.25. The SMILES string of the molecule is CC(CNC(=O)N1CCC2(CCCC2)CC1)C(=O)O. The van der Waals surface area contributed by atoms with Gasteiger partial charge in [-0.25, -0.2) is 4.79 Å². The number of carboxylic acids is 1. The summed E-state index contributed by atoms with van der Waals surface area (Å²) in [5.74, 6) is -1.40. The second kappa shape index (κ2) is 5.80. The highest BCUT2D eigenvalue weighted by Crippen LogP contribution is 2.45. The molecule has 2 amide bonds. The summed E-state index contributed by atoms with van der Waals surface area (Å²) in [5, 5.41) is 11.5. The lowest BCUT2D eigenvalue weighted by molar-refractivity contribution is -0.140. The minimum Gasteiger partial charge on any atom is -0.481 e. The lowest BCUT2D eigenvalue weighted by atomic mass is 9.77. The molecule has 2 rings (SSSR count). The molecule has 2 N–H and O–H groups in total. The van der Waals surface area contributed by atoms with Gasteiger partial charge in [0.15, 0.2) is 0 Å². The first kappa shape index (κ1) is 14.2. The van der Waals surface area contributed by atoms with Crippen LogP contribution in [0.4, 0.5) is 4.79 Å². The van der Waals surface area contributed by atoms with Gasteiger partial charge in [0.05, 0.1) is 5.92 Å². The van der Waals surface area contributed by atoms with E-state index in [1.165, 1.54) is 25.7 Å². The fraction of sp³-hybridized carbons (Fsp3) is 0.857. The number of hydrogen-bond acceptors (Lipinski definition) is 2. The molecule has 1 heterocycles. The van der Waals surface area contributed by atoms with Gasteiger partial charge in [0, 0.05) is 19.6 Å². The predicted octanol–water partition coefficient (Wildman–Crippen LogP) is 2.07. The Labute approximate surface area is 114 Å². The van der Waals surface area contributed by atoms with E-state index in [0.717, 1.165) is 25.9 Å². The summed E-state index contributed by atoms with van der Waals surface area (Å²) >= 11 is 0. The number of piperidine rings is 1. The molecule has 0 aromatic carbocycles. The van der Waals surface area contributed by atoms with Crippen molar-refractivity contribution in [2.24, 2.45) is 11.3 Å². The van der Waals surface area contributed by atoms with Gasteiger partial charge in [-0.1, -0.05) is 19.8 Å². The molecular formula is C14H24N2O3. The van der Waals surface area contributed by atoms with Crippen molar-refractivity contribution in [3.05, 3.63) is 0 Å². The number of aliphatic carboxylic acids is 1. The Bertz CT molecular complexity index is 341. The van der Waals surface area contributed by atoms with E-state index in [0.29, 0.717) is 5.41 Å². The van der Waals surface area contributed by atoms with Crippen LogP contribution in [0.5, 0.6) is 0 Å². The van der Waals surface area contributed by atoms with Crippen LogP contribution in [0, 0.1) is 11.3 Å². The molecule has 108 valence electrons. The molecule has 1 saturated heterocycles. The van der Waals surface area contributed by atoms with E-state index in [9.17, 15) is 9.59 Å². The van der Waals surface area contributed by atoms with E-state index in [1.54, 1.807) is 6.92 Å². The average molecular weight is 268 g/mol. The smallest absolute Gasteiger partial charge is 0.317 e. The molecule has 2 fully saturated rings. The van der Waals surface area contributed by atoms with Crippen LogP contribution in [-0.2, 0) is 4.79 Å². The monoisotopic (exact) mass is 268 g/mol. The average Bonchev–Trinajstić information content (AvgIpc) is 2.84. The van der Waals surface area contributed by atoms with Gasteiger partial charge in [0.2, 0.25) is 0 Å². The Morgan fingerprint density at radius 2 is 1.79 bits per heavy atom. The summed E-state index contributed by atoms with van der Waals surface area (Å²) in [6.07, 6.45) is 7.52. The van der Waals surface area contributed by atoms with Crippen LogP contribution in [0.2, 0.25) is 0 Å². The zero-order valence-corrected chi connectivity index (χ0v) is 11.7. The predicted molar refractivity (Wildman–Crippen MR) is 71.9 cm³/mol. The molecule has 1 atom stereocenters. The zero-order valence-electron chi connectivity index (χ0n) is 11.7. The minimum atomic E-state index is -0.871. The van der Waals surface area contributed by atoms with Crippen molar-refractivity contribution in [1.82, 2.24) is 10.2 Å². The van der Waals surface area contributed by atoms with E-state index >= 15 is 0 Å². The second-order valence-electron chi connectivity index (χ2n) is 6.12. The second-order valence-corrected chi connectivity index (χ2v) is 6.12. The van der Waals surface area contributed by atoms with Gasteiger partial charge in [-0.3, -0.25) is 4.79 Å². The van der Waals surface area contributed by atoms with Gasteiger partial charge < -0.3 is 15.3 Å². The maximum Gasteiger partial charge on any atom is 0.317 e. The van der Waals surface area contributed by atoms with Gasteiger partial charge >= 0.3 is 12.0 Å². The van der Waals surface area contributed by atoms with Crippen LogP contribution in [0.25, 0.3) is 0 Å². The summed E-state index contributed by atoms with van der Waals surface area (Å²) in [4.78, 5) is 24.5. The molecule has 0 radical (unpaired) electrons. The number of carbonyl (C=O) groups excluding carboxylic acids is 1. The van der Waals surface area contributed by atoms with Crippen molar-refractivity contribution in [3.8, 4) is 0 Å². The standard InChI is InChI=1S/C14H24N2O3/c1-11(12(17)18)10-15-13(19)16-8-6-14(7-9-16)4-2-3-5-14/h11H,2-10H2,1H3,(H,15,19)(H,17,18). The summed E-state index contributed by atoms with van der Waals surface area (Å²) in [6.45, 7) is 3.43. The Morgan fingerprint density at radius 1 is 1.21 bits per heavy atom. The van der Waals surface area contributed by atoms with Crippen molar-refractivity contribution >= 4 is 12.0 Å². The molecule has 5 nitrogen and oxygen atoms in total. The van der Waals surface area contributed by atoms with Gasteiger partial charge in [-0.2, -0.15) is 0 Å². The lowest BCUT2D eigenvalue weighted by Gasteiger charge is -2.39. The Morgan fingerprint density at radius 3 is 2.32 bits per heavy atom. The van der Waals surface area contributed by atoms with Crippen molar-refractivity contribution in [2.75, 3.05) is 19.6 Å². The van der Waals surface area contributed by atoms with Crippen molar-refractivity contribution in [3.63, 3.8) is 0 Å². The Kier molecular flexibility index (Phi) is 4.32. The molecule has 19 heavy (non-hydrogen) atoms. The number of hydrogen-bond donors (Lipinski definition) is 2. The van der Waals surface area contributed by atoms with Gasteiger partial charge in [-0.05, 0) is 31.1 Å². The van der Waals surface area contributed by atoms with Crippen LogP contribution in [-0.4, -0.2) is 41.6 Å². The lowest BCUT2D eigenvalue weighted by Crippen LogP contribution is -2.48. The van der Waals surface area contributed by atoms with Crippen molar-refractivity contribution in [2.45, 2.75) is 45.4 Å². The molecular weight excluding hydrogens is 244 g/mol. The van der Waals surface area contributed by atoms with Gasteiger partial charge in [0.1, 0.15) is 0 Å². The van der Waals surface area contributed by atoms with Gasteiger partial charge in [-0.15, -0.1) is 0 Å². The summed E-state index contributed by atoms with van der Waals surface area (Å²) in [6, 6.07) is -0.110. The summed E-state index contributed by atoms with van der Waals surface area (Å²) in [5.41, 5.74) is 0.505. The van der Waals surface area contributed by atoms with Crippen LogP contribution in [0.3, 0.4) is 0 Å². The maximum atomic E-state index is 12.0. The van der Waals surface area contributed by atoms with Crippen molar-refractivity contribution < 1.29 is 14.7 Å². The number of carbonyl (C=O) groups is 2. The van der Waals surface area contributed by atoms with Crippen molar-refractivity contribution in [1.29, 1.82) is 0 Å². The fourth-order valence-electron chi connectivity index (χ4n) is 3.25. The highest BCUT2D eigenvalue weighted by molar-refractivity contribution is 5.76. The third kappa shape index (κ3) is 3.39. The molecule has 0 bridgehead atoms. The molecule has 1 saturated carbocycles. The molecule has 1 spiro atoms. The Balaban J connectivity index is 1.74. The molecule has 2 aliphatic rings. The molecule has 0 aromatic rings. The molecule has 1 aliphatic heterocycles. The van der Waals surface area contributed by atoms with Crippen LogP contribution in [0.15, 0.2) is 0 Å². The van der Waals surface area contributed by atoms with E-state index in [2.05, 4.69) is 5.32 Å². The molecule has 1 aliphatic carbocycles. The first-order chi connectivity index (χ1) is 9.02. The Hall–Kier alpha value is -1.26. The van der Waals surface area contributed by atoms with Crippen LogP contribution < -0.4 is 5.32 Å². The van der Waals surface area contributed by atoms with Crippen LogP contribution >= 0.6 is 0 Å². The van der Waals surface area contributed by atoms with Gasteiger partial charge in [0.25, 0.3) is 0 Å². The molecule has 0 aromatic heterocycles. The first-order valence-electron chi connectivity index (χ1n) is 7.28. The first-order valence-corrected chi connectivity index (χ1v) is 7.28. The number of urea groups is 1. The number of nitrogens with one attached hydrogen (secondary N) is 1. The number of rotatable bonds is 3. The third-order valence-electron chi connectivity index (χ3n) is 4.76. The third-order valence-corrected chi connectivity index (χ3v) is 4.76. The van der Waals surface area contributed by atoms with E-state index in [-0.39, 0.29) is 12.6 Å². The largest absolute Gasteiger partial charge is 0.481 e. The normalized spacial score (nSPS) is 23.3. The summed E-state index contributed by atoms with van der Waals surface area (Å²) < 4.78 is 0. The highest BCUT2D eigenvalue weighted by atomic mass is 16.4. The van der Waals surface area contributed by atoms with E-state index < -0.39 is 11.9 Å². The van der Waals surface area contributed by atoms with Crippen LogP contribution in [0.1, 0.15) is 45.4 Å². The summed E-state index contributed by atoms with van der Waals surface area (Å²) in [7, 11) is 0. The van der Waals surface area contributed by atoms with E-state index in [4.69, 9.17) is 5.11 Å². The number of nitrogens with zero attached hydrogens (tertiary/aromatic N) is 1. The zero-order chi connectivity index (χ0) is 13.9. The quantitative estimate of drug-likeness (QED) is 0.823. The minimum absolute atomic E-state index is 0.110. The molecule has 1 unspecified atom stereocenters. The maximum absolute atomic E-state index is 12.0. The highest BCUT2D eigenvalue weighted by Gasteiger charge is 2.37. The number of amides is 2.